The highest BCUT2D eigenvalue weighted by Gasteiger charge is 2.21. The van der Waals surface area contributed by atoms with Crippen molar-refractivity contribution in [3.05, 3.63) is 12.2 Å². The zero-order chi connectivity index (χ0) is 11.4. The summed E-state index contributed by atoms with van der Waals surface area (Å²) in [4.78, 5) is 4.20. The minimum atomic E-state index is 0.419. The van der Waals surface area contributed by atoms with Crippen molar-refractivity contribution in [3.63, 3.8) is 0 Å². The average Bonchev–Trinajstić information content (AvgIpc) is 2.73. The number of aromatic nitrogens is 3. The van der Waals surface area contributed by atoms with Crippen LogP contribution in [0, 0.1) is 0 Å². The van der Waals surface area contributed by atoms with Crippen LogP contribution < -0.4 is 5.32 Å². The zero-order valence-electron chi connectivity index (χ0n) is 10.0. The third-order valence-electron chi connectivity index (χ3n) is 3.16. The molecule has 1 saturated carbocycles. The molecule has 1 aromatic heterocycles. The molecule has 0 spiro atoms. The first-order valence-electron chi connectivity index (χ1n) is 5.88. The summed E-state index contributed by atoms with van der Waals surface area (Å²) in [5, 5.41) is 7.74. The molecular weight excluding hydrogens is 204 g/mol. The predicted molar refractivity (Wildman–Crippen MR) is 60.9 cm³/mol. The highest BCUT2D eigenvalue weighted by Crippen LogP contribution is 2.20. The van der Waals surface area contributed by atoms with Crippen LogP contribution in [-0.4, -0.2) is 34.0 Å². The number of nitrogens with zero attached hydrogens (tertiary/aromatic N) is 3. The van der Waals surface area contributed by atoms with E-state index in [0.29, 0.717) is 12.1 Å². The second-order valence-corrected chi connectivity index (χ2v) is 4.44. The van der Waals surface area contributed by atoms with E-state index in [4.69, 9.17) is 4.74 Å². The molecule has 0 amide bonds. The lowest BCUT2D eigenvalue weighted by atomic mass is 9.93. The number of methoxy groups -OCH3 is 1. The Kier molecular flexibility index (Phi) is 3.90. The number of nitrogens with one attached hydrogen (secondary N) is 1. The molecule has 16 heavy (non-hydrogen) atoms. The third-order valence-corrected chi connectivity index (χ3v) is 3.16. The minimum Gasteiger partial charge on any atom is -0.381 e. The molecule has 0 bridgehead atoms. The van der Waals surface area contributed by atoms with Crippen LogP contribution in [-0.2, 0) is 18.3 Å². The molecule has 1 aliphatic carbocycles. The maximum absolute atomic E-state index is 5.40. The number of rotatable bonds is 4. The number of hydrogen-bond acceptors (Lipinski definition) is 4. The molecule has 1 heterocycles. The molecule has 0 radical (unpaired) electrons. The van der Waals surface area contributed by atoms with Gasteiger partial charge in [0.2, 0.25) is 0 Å². The standard InChI is InChI=1S/C11H20N4O/c1-15-8-13-11(14-15)7-12-9-4-3-5-10(6-9)16-2/h8-10,12H,3-7H2,1-2H3. The van der Waals surface area contributed by atoms with E-state index in [1.54, 1.807) is 18.1 Å². The monoisotopic (exact) mass is 224 g/mol. The summed E-state index contributed by atoms with van der Waals surface area (Å²) >= 11 is 0. The Balaban J connectivity index is 1.77. The van der Waals surface area contributed by atoms with E-state index in [0.717, 1.165) is 18.8 Å². The van der Waals surface area contributed by atoms with Crippen molar-refractivity contribution in [2.24, 2.45) is 7.05 Å². The van der Waals surface area contributed by atoms with Crippen LogP contribution in [0.15, 0.2) is 6.33 Å². The molecule has 2 atom stereocenters. The summed E-state index contributed by atoms with van der Waals surface area (Å²) < 4.78 is 7.13. The molecular formula is C11H20N4O. The van der Waals surface area contributed by atoms with Crippen molar-refractivity contribution in [1.82, 2.24) is 20.1 Å². The van der Waals surface area contributed by atoms with Gasteiger partial charge in [0.05, 0.1) is 12.6 Å². The Morgan fingerprint density at radius 1 is 1.56 bits per heavy atom. The fourth-order valence-corrected chi connectivity index (χ4v) is 2.24. The van der Waals surface area contributed by atoms with Gasteiger partial charge in [-0.1, -0.05) is 0 Å². The van der Waals surface area contributed by atoms with E-state index < -0.39 is 0 Å². The molecule has 2 unspecified atom stereocenters. The van der Waals surface area contributed by atoms with Gasteiger partial charge in [0, 0.05) is 20.2 Å². The smallest absolute Gasteiger partial charge is 0.164 e. The fraction of sp³-hybridized carbons (Fsp3) is 0.818. The van der Waals surface area contributed by atoms with Crippen LogP contribution in [0.5, 0.6) is 0 Å². The molecule has 1 fully saturated rings. The minimum absolute atomic E-state index is 0.419. The topological polar surface area (TPSA) is 52.0 Å². The number of aryl methyl sites for hydroxylation is 1. The fourth-order valence-electron chi connectivity index (χ4n) is 2.24. The lowest BCUT2D eigenvalue weighted by Crippen LogP contribution is -2.36. The third kappa shape index (κ3) is 3.02. The molecule has 1 N–H and O–H groups in total. The maximum Gasteiger partial charge on any atom is 0.164 e. The van der Waals surface area contributed by atoms with Crippen molar-refractivity contribution < 1.29 is 4.74 Å². The summed E-state index contributed by atoms with van der Waals surface area (Å²) in [5.41, 5.74) is 0. The van der Waals surface area contributed by atoms with Crippen LogP contribution in [0.2, 0.25) is 0 Å². The van der Waals surface area contributed by atoms with Crippen LogP contribution in [0.3, 0.4) is 0 Å². The summed E-state index contributed by atoms with van der Waals surface area (Å²) in [5.74, 6) is 0.863. The van der Waals surface area contributed by atoms with Gasteiger partial charge in [-0.3, -0.25) is 4.68 Å². The summed E-state index contributed by atoms with van der Waals surface area (Å²) in [6.07, 6.45) is 6.91. The molecule has 2 rings (SSSR count). The average molecular weight is 224 g/mol. The molecule has 0 aromatic carbocycles. The van der Waals surface area contributed by atoms with Gasteiger partial charge in [0.1, 0.15) is 6.33 Å². The number of hydrogen-bond donors (Lipinski definition) is 1. The van der Waals surface area contributed by atoms with Gasteiger partial charge in [0.25, 0.3) is 0 Å². The van der Waals surface area contributed by atoms with E-state index in [-0.39, 0.29) is 0 Å². The van der Waals surface area contributed by atoms with Gasteiger partial charge in [-0.25, -0.2) is 4.98 Å². The Morgan fingerprint density at radius 3 is 3.12 bits per heavy atom. The predicted octanol–water partition coefficient (Wildman–Crippen LogP) is 0.862. The van der Waals surface area contributed by atoms with E-state index in [1.165, 1.54) is 19.3 Å². The van der Waals surface area contributed by atoms with E-state index >= 15 is 0 Å². The molecule has 0 saturated heterocycles. The largest absolute Gasteiger partial charge is 0.381 e. The van der Waals surface area contributed by atoms with Gasteiger partial charge in [-0.15, -0.1) is 0 Å². The summed E-state index contributed by atoms with van der Waals surface area (Å²) in [6.45, 7) is 0.752. The summed E-state index contributed by atoms with van der Waals surface area (Å²) in [6, 6.07) is 0.544. The first kappa shape index (κ1) is 11.5. The van der Waals surface area contributed by atoms with Gasteiger partial charge in [0.15, 0.2) is 5.82 Å². The molecule has 1 aromatic rings. The Labute approximate surface area is 96.2 Å². The Morgan fingerprint density at radius 2 is 2.44 bits per heavy atom. The van der Waals surface area contributed by atoms with Gasteiger partial charge in [-0.2, -0.15) is 5.10 Å². The van der Waals surface area contributed by atoms with Crippen molar-refractivity contribution >= 4 is 0 Å². The molecule has 5 heteroatoms. The van der Waals surface area contributed by atoms with E-state index in [1.807, 2.05) is 7.05 Å². The lowest BCUT2D eigenvalue weighted by Gasteiger charge is -2.28. The highest BCUT2D eigenvalue weighted by atomic mass is 16.5. The lowest BCUT2D eigenvalue weighted by molar-refractivity contribution is 0.0585. The quantitative estimate of drug-likeness (QED) is 0.824. The molecule has 90 valence electrons. The maximum atomic E-state index is 5.40. The first-order chi connectivity index (χ1) is 7.78. The normalized spacial score (nSPS) is 25.9. The zero-order valence-corrected chi connectivity index (χ0v) is 10.0. The van der Waals surface area contributed by atoms with Crippen molar-refractivity contribution in [1.29, 1.82) is 0 Å². The van der Waals surface area contributed by atoms with Crippen LogP contribution >= 0.6 is 0 Å². The first-order valence-corrected chi connectivity index (χ1v) is 5.88. The van der Waals surface area contributed by atoms with Crippen molar-refractivity contribution in [2.75, 3.05) is 7.11 Å². The van der Waals surface area contributed by atoms with E-state index in [2.05, 4.69) is 15.4 Å². The van der Waals surface area contributed by atoms with Gasteiger partial charge >= 0.3 is 0 Å². The molecule has 0 aliphatic heterocycles. The highest BCUT2D eigenvalue weighted by molar-refractivity contribution is 4.84. The Hall–Kier alpha value is -0.940. The van der Waals surface area contributed by atoms with Gasteiger partial charge < -0.3 is 10.1 Å². The van der Waals surface area contributed by atoms with Crippen molar-refractivity contribution in [2.45, 2.75) is 44.4 Å². The second-order valence-electron chi connectivity index (χ2n) is 4.44. The SMILES string of the molecule is COC1CCCC(NCc2ncn(C)n2)C1. The van der Waals surface area contributed by atoms with Crippen LogP contribution in [0.25, 0.3) is 0 Å². The van der Waals surface area contributed by atoms with Crippen LogP contribution in [0.4, 0.5) is 0 Å². The second kappa shape index (κ2) is 5.41. The number of ether oxygens (including phenoxy) is 1. The van der Waals surface area contributed by atoms with Crippen LogP contribution in [0.1, 0.15) is 31.5 Å². The molecule has 5 nitrogen and oxygen atoms in total. The van der Waals surface area contributed by atoms with Gasteiger partial charge in [-0.05, 0) is 25.7 Å². The van der Waals surface area contributed by atoms with Crippen molar-refractivity contribution in [3.8, 4) is 0 Å². The summed E-state index contributed by atoms with van der Waals surface area (Å²) in [7, 11) is 3.69. The van der Waals surface area contributed by atoms with E-state index in [9.17, 15) is 0 Å². The molecule has 1 aliphatic rings. The Bertz CT molecular complexity index is 326.